The first-order valence-corrected chi connectivity index (χ1v) is 11.7. The summed E-state index contributed by atoms with van der Waals surface area (Å²) in [5, 5.41) is 0. The number of benzene rings is 2. The van der Waals surface area contributed by atoms with Gasteiger partial charge in [-0.25, -0.2) is 4.79 Å². The Hall–Kier alpha value is -1.75. The lowest BCUT2D eigenvalue weighted by atomic mass is 10.0. The average Bonchev–Trinajstić information content (AvgIpc) is 3.01. The summed E-state index contributed by atoms with van der Waals surface area (Å²) in [5.74, 6) is -0.392. The number of halogens is 4. The first-order chi connectivity index (χ1) is 14.5. The molecule has 0 spiro atoms. The molecule has 10 heteroatoms. The second-order valence-corrected chi connectivity index (χ2v) is 9.68. The summed E-state index contributed by atoms with van der Waals surface area (Å²) >= 11 is 13.5. The summed E-state index contributed by atoms with van der Waals surface area (Å²) in [5.41, 5.74) is 1.92. The van der Waals surface area contributed by atoms with E-state index >= 15 is 0 Å². The van der Waals surface area contributed by atoms with E-state index in [2.05, 4.69) is 63.7 Å². The Bertz CT molecular complexity index is 1140. The molecule has 0 saturated carbocycles. The fraction of sp³-hybridized carbons (Fsp3) is 0.0952. The molecule has 0 radical (unpaired) electrons. The number of hydrogen-bond donors (Lipinski definition) is 0. The van der Waals surface area contributed by atoms with Gasteiger partial charge in [0.15, 0.2) is 11.5 Å². The van der Waals surface area contributed by atoms with Crippen LogP contribution in [0.1, 0.15) is 25.0 Å². The fourth-order valence-electron chi connectivity index (χ4n) is 2.73. The molecule has 0 N–H and O–H groups in total. The minimum Gasteiger partial charge on any atom is -0.424 e. The largest absolute Gasteiger partial charge is 0.424 e. The fourth-order valence-corrected chi connectivity index (χ4v) is 5.46. The first-order valence-electron chi connectivity index (χ1n) is 8.56. The van der Waals surface area contributed by atoms with E-state index in [4.69, 9.17) is 14.2 Å². The monoisotopic (exact) mass is 676 g/mol. The van der Waals surface area contributed by atoms with Crippen LogP contribution in [-0.4, -0.2) is 17.9 Å². The summed E-state index contributed by atoms with van der Waals surface area (Å²) in [7, 11) is 0. The molecular weight excluding hydrogens is 668 g/mol. The van der Waals surface area contributed by atoms with Crippen LogP contribution in [0.4, 0.5) is 0 Å². The molecule has 6 nitrogen and oxygen atoms in total. The van der Waals surface area contributed by atoms with E-state index in [0.717, 1.165) is 0 Å². The maximum atomic E-state index is 12.0. The maximum Gasteiger partial charge on any atom is 0.336 e. The second-order valence-electron chi connectivity index (χ2n) is 6.26. The molecule has 2 aromatic rings. The van der Waals surface area contributed by atoms with Gasteiger partial charge < -0.3 is 14.2 Å². The van der Waals surface area contributed by atoms with Gasteiger partial charge in [-0.1, -0.05) is 0 Å². The van der Waals surface area contributed by atoms with E-state index in [1.165, 1.54) is 19.9 Å². The lowest BCUT2D eigenvalue weighted by Gasteiger charge is -2.12. The molecule has 0 unspecified atom stereocenters. The van der Waals surface area contributed by atoms with Crippen LogP contribution >= 0.6 is 63.7 Å². The summed E-state index contributed by atoms with van der Waals surface area (Å²) < 4.78 is 17.9. The van der Waals surface area contributed by atoms with Crippen molar-refractivity contribution in [2.24, 2.45) is 0 Å². The molecule has 0 saturated heterocycles. The zero-order valence-electron chi connectivity index (χ0n) is 15.9. The molecule has 0 bridgehead atoms. The normalized spacial score (nSPS) is 14.3. The summed E-state index contributed by atoms with van der Waals surface area (Å²) in [6, 6.07) is 6.91. The van der Waals surface area contributed by atoms with Crippen LogP contribution in [0.2, 0.25) is 0 Å². The summed E-state index contributed by atoms with van der Waals surface area (Å²) in [6.45, 7) is 2.62. The number of carbonyl (C=O) groups excluding carboxylic acids is 3. The van der Waals surface area contributed by atoms with Crippen LogP contribution in [0.5, 0.6) is 11.5 Å². The lowest BCUT2D eigenvalue weighted by Crippen LogP contribution is -2.03. The third kappa shape index (κ3) is 5.74. The van der Waals surface area contributed by atoms with Crippen LogP contribution in [0.15, 0.2) is 54.0 Å². The highest BCUT2D eigenvalue weighted by molar-refractivity contribution is 9.11. The molecule has 160 valence electrons. The molecule has 0 fully saturated rings. The van der Waals surface area contributed by atoms with Crippen molar-refractivity contribution in [1.82, 2.24) is 0 Å². The topological polar surface area (TPSA) is 78.9 Å². The third-order valence-electron chi connectivity index (χ3n) is 3.86. The third-order valence-corrected chi connectivity index (χ3v) is 6.21. The Morgan fingerprint density at radius 2 is 1.29 bits per heavy atom. The number of esters is 3. The van der Waals surface area contributed by atoms with Gasteiger partial charge in [-0.3, -0.25) is 9.59 Å². The van der Waals surface area contributed by atoms with E-state index < -0.39 is 17.9 Å². The average molecular weight is 680 g/mol. The zero-order chi connectivity index (χ0) is 22.9. The van der Waals surface area contributed by atoms with Crippen LogP contribution in [0.25, 0.3) is 11.6 Å². The Morgan fingerprint density at radius 1 is 0.839 bits per heavy atom. The van der Waals surface area contributed by atoms with Crippen molar-refractivity contribution in [3.8, 4) is 11.5 Å². The minimum absolute atomic E-state index is 0.335. The van der Waals surface area contributed by atoms with Crippen molar-refractivity contribution in [1.29, 1.82) is 0 Å². The van der Waals surface area contributed by atoms with Crippen molar-refractivity contribution in [3.63, 3.8) is 0 Å². The van der Waals surface area contributed by atoms with Gasteiger partial charge in [-0.05, 0) is 105 Å². The molecule has 3 rings (SSSR count). The van der Waals surface area contributed by atoms with Gasteiger partial charge in [0.25, 0.3) is 0 Å². The molecule has 1 aliphatic rings. The molecule has 31 heavy (non-hydrogen) atoms. The van der Waals surface area contributed by atoms with Crippen LogP contribution in [0, 0.1) is 0 Å². The Morgan fingerprint density at radius 3 is 1.74 bits per heavy atom. The maximum absolute atomic E-state index is 12.0. The standard InChI is InChI=1S/C21H12Br4O6/c1-9(26)29-20-14(22)3-11(4-15(20)23)5-18-13(8-19(28)31-18)12-6-16(24)21(17(25)7-12)30-10(2)27/h3-8H,1-2H3. The lowest BCUT2D eigenvalue weighted by molar-refractivity contribution is -0.132. The van der Waals surface area contributed by atoms with Gasteiger partial charge in [0.1, 0.15) is 5.76 Å². The SMILES string of the molecule is CC(=O)Oc1c(Br)cc(C=C2OC(=O)C=C2c2cc(Br)c(OC(C)=O)c(Br)c2)cc1Br. The zero-order valence-corrected chi connectivity index (χ0v) is 22.3. The van der Waals surface area contributed by atoms with E-state index in [1.54, 1.807) is 30.3 Å². The Kier molecular flexibility index (Phi) is 7.56. The number of cyclic esters (lactones) is 1. The van der Waals surface area contributed by atoms with Crippen molar-refractivity contribution in [3.05, 3.63) is 65.1 Å². The summed E-state index contributed by atoms with van der Waals surface area (Å²) in [6.07, 6.45) is 3.06. The number of carbonyl (C=O) groups is 3. The molecule has 0 amide bonds. The van der Waals surface area contributed by atoms with Gasteiger partial charge in [0, 0.05) is 25.5 Å². The molecule has 0 aliphatic carbocycles. The number of allylic oxidation sites excluding steroid dienone is 1. The van der Waals surface area contributed by atoms with E-state index in [9.17, 15) is 14.4 Å². The van der Waals surface area contributed by atoms with Gasteiger partial charge in [-0.2, -0.15) is 0 Å². The van der Waals surface area contributed by atoms with Gasteiger partial charge in [0.2, 0.25) is 0 Å². The molecule has 0 aromatic heterocycles. The van der Waals surface area contributed by atoms with E-state index in [0.29, 0.717) is 51.8 Å². The minimum atomic E-state index is -0.507. The molecule has 0 atom stereocenters. The highest BCUT2D eigenvalue weighted by Crippen LogP contribution is 2.41. The van der Waals surface area contributed by atoms with Crippen LogP contribution in [0.3, 0.4) is 0 Å². The van der Waals surface area contributed by atoms with Gasteiger partial charge in [-0.15, -0.1) is 0 Å². The highest BCUT2D eigenvalue weighted by atomic mass is 79.9. The Balaban J connectivity index is 2.01. The molecule has 1 heterocycles. The number of hydrogen-bond acceptors (Lipinski definition) is 6. The van der Waals surface area contributed by atoms with Crippen LogP contribution in [-0.2, 0) is 19.1 Å². The number of rotatable bonds is 4. The molecule has 2 aromatic carbocycles. The molecular formula is C21H12Br4O6. The van der Waals surface area contributed by atoms with Gasteiger partial charge in [0.05, 0.1) is 17.9 Å². The first kappa shape index (κ1) is 23.9. The summed E-state index contributed by atoms with van der Waals surface area (Å²) in [4.78, 5) is 34.6. The van der Waals surface area contributed by atoms with Gasteiger partial charge >= 0.3 is 17.9 Å². The second kappa shape index (κ2) is 9.81. The number of ether oxygens (including phenoxy) is 3. The molecule has 1 aliphatic heterocycles. The van der Waals surface area contributed by atoms with E-state index in [-0.39, 0.29) is 0 Å². The van der Waals surface area contributed by atoms with Crippen molar-refractivity contribution in [2.45, 2.75) is 13.8 Å². The van der Waals surface area contributed by atoms with Crippen LogP contribution < -0.4 is 9.47 Å². The Labute approximate surface area is 211 Å². The highest BCUT2D eigenvalue weighted by Gasteiger charge is 2.24. The smallest absolute Gasteiger partial charge is 0.336 e. The quantitative estimate of drug-likeness (QED) is 0.269. The van der Waals surface area contributed by atoms with Crippen molar-refractivity contribution < 1.29 is 28.6 Å². The van der Waals surface area contributed by atoms with E-state index in [1.807, 2.05) is 0 Å². The van der Waals surface area contributed by atoms with Crippen molar-refractivity contribution >= 4 is 93.3 Å². The van der Waals surface area contributed by atoms with Crippen molar-refractivity contribution in [2.75, 3.05) is 0 Å². The predicted molar refractivity (Wildman–Crippen MR) is 128 cm³/mol. The predicted octanol–water partition coefficient (Wildman–Crippen LogP) is 6.57.